The summed E-state index contributed by atoms with van der Waals surface area (Å²) in [5.74, 6) is 0.984. The van der Waals surface area contributed by atoms with Gasteiger partial charge in [-0.15, -0.1) is 11.6 Å². The largest absolute Gasteiger partial charge is 0.441 e. The van der Waals surface area contributed by atoms with E-state index in [1.165, 1.54) is 6.39 Å². The summed E-state index contributed by atoms with van der Waals surface area (Å²) in [4.78, 5) is 8.11. The highest BCUT2D eigenvalue weighted by molar-refractivity contribution is 6.17. The van der Waals surface area contributed by atoms with E-state index in [0.717, 1.165) is 11.4 Å². The van der Waals surface area contributed by atoms with Crippen molar-refractivity contribution in [2.75, 3.05) is 0 Å². The molecule has 0 fully saturated rings. The van der Waals surface area contributed by atoms with Crippen LogP contribution in [0.3, 0.4) is 0 Å². The summed E-state index contributed by atoms with van der Waals surface area (Å²) in [7, 11) is 1.90. The Morgan fingerprint density at radius 3 is 3.00 bits per heavy atom. The lowest BCUT2D eigenvalue weighted by molar-refractivity contribution is 0.569. The molecule has 4 nitrogen and oxygen atoms in total. The molecule has 0 aliphatic heterocycles. The second-order valence-electron chi connectivity index (χ2n) is 2.69. The van der Waals surface area contributed by atoms with E-state index in [2.05, 4.69) is 9.97 Å². The summed E-state index contributed by atoms with van der Waals surface area (Å²) in [6.07, 6.45) is 4.94. The number of nitrogens with zero attached hydrogens (tertiary/aromatic N) is 3. The molecule has 0 aliphatic rings. The van der Waals surface area contributed by atoms with E-state index in [9.17, 15) is 0 Å². The molecule has 0 saturated carbocycles. The predicted molar refractivity (Wildman–Crippen MR) is 48.3 cm³/mol. The fraction of sp³-hybridized carbons (Fsp3) is 0.250. The molecule has 0 N–H and O–H groups in total. The Balaban J connectivity index is 2.45. The summed E-state index contributed by atoms with van der Waals surface area (Å²) in [5.41, 5.74) is 1.48. The van der Waals surface area contributed by atoms with Crippen molar-refractivity contribution in [1.29, 1.82) is 0 Å². The van der Waals surface area contributed by atoms with Gasteiger partial charge in [0.15, 0.2) is 12.2 Å². The van der Waals surface area contributed by atoms with Crippen molar-refractivity contribution in [3.05, 3.63) is 24.6 Å². The smallest absolute Gasteiger partial charge is 0.181 e. The van der Waals surface area contributed by atoms with Gasteiger partial charge in [-0.3, -0.25) is 0 Å². The van der Waals surface area contributed by atoms with Crippen LogP contribution >= 0.6 is 11.6 Å². The van der Waals surface area contributed by atoms with Gasteiger partial charge in [0.25, 0.3) is 0 Å². The minimum Gasteiger partial charge on any atom is -0.441 e. The SMILES string of the molecule is Cn1cnc(-c2ocnc2CCl)c1. The van der Waals surface area contributed by atoms with Crippen molar-refractivity contribution in [2.24, 2.45) is 7.05 Å². The van der Waals surface area contributed by atoms with Crippen molar-refractivity contribution < 1.29 is 4.42 Å². The standard InChI is InChI=1S/C8H8ClN3O/c1-12-3-7(10-4-12)8-6(2-9)11-5-13-8/h3-5H,2H2,1H3. The Hall–Kier alpha value is -1.29. The van der Waals surface area contributed by atoms with Gasteiger partial charge in [0, 0.05) is 13.2 Å². The maximum atomic E-state index is 5.67. The molecule has 2 aromatic rings. The van der Waals surface area contributed by atoms with Gasteiger partial charge in [-0.25, -0.2) is 9.97 Å². The van der Waals surface area contributed by atoms with Gasteiger partial charge in [0.1, 0.15) is 11.4 Å². The third-order valence-electron chi connectivity index (χ3n) is 1.71. The van der Waals surface area contributed by atoms with Crippen molar-refractivity contribution in [1.82, 2.24) is 14.5 Å². The highest BCUT2D eigenvalue weighted by Crippen LogP contribution is 2.21. The quantitative estimate of drug-likeness (QED) is 0.690. The molecule has 0 atom stereocenters. The van der Waals surface area contributed by atoms with Crippen LogP contribution in [0.1, 0.15) is 5.69 Å². The van der Waals surface area contributed by atoms with Crippen LogP contribution in [0.5, 0.6) is 0 Å². The van der Waals surface area contributed by atoms with Crippen LogP contribution in [0.15, 0.2) is 23.3 Å². The maximum absolute atomic E-state index is 5.67. The van der Waals surface area contributed by atoms with Gasteiger partial charge in [-0.2, -0.15) is 0 Å². The summed E-state index contributed by atoms with van der Waals surface area (Å²) >= 11 is 5.67. The zero-order valence-electron chi connectivity index (χ0n) is 7.07. The van der Waals surface area contributed by atoms with Gasteiger partial charge >= 0.3 is 0 Å². The molecule has 0 aromatic carbocycles. The number of alkyl halides is 1. The van der Waals surface area contributed by atoms with E-state index < -0.39 is 0 Å². The number of halogens is 1. The number of oxazole rings is 1. The van der Waals surface area contributed by atoms with Crippen LogP contribution in [-0.2, 0) is 12.9 Å². The molecule has 2 aromatic heterocycles. The van der Waals surface area contributed by atoms with Crippen molar-refractivity contribution in [3.8, 4) is 11.5 Å². The minimum absolute atomic E-state index is 0.336. The van der Waals surface area contributed by atoms with Crippen LogP contribution in [0, 0.1) is 0 Å². The topological polar surface area (TPSA) is 43.9 Å². The van der Waals surface area contributed by atoms with Crippen molar-refractivity contribution in [3.63, 3.8) is 0 Å². The van der Waals surface area contributed by atoms with Crippen LogP contribution in [0.25, 0.3) is 11.5 Å². The van der Waals surface area contributed by atoms with Crippen LogP contribution in [0.4, 0.5) is 0 Å². The first-order valence-corrected chi connectivity index (χ1v) is 4.31. The summed E-state index contributed by atoms with van der Waals surface area (Å²) in [6, 6.07) is 0. The predicted octanol–water partition coefficient (Wildman–Crippen LogP) is 1.81. The maximum Gasteiger partial charge on any atom is 0.181 e. The van der Waals surface area contributed by atoms with Gasteiger partial charge in [-0.1, -0.05) is 0 Å². The van der Waals surface area contributed by atoms with E-state index in [-0.39, 0.29) is 0 Å². The number of imidazole rings is 1. The van der Waals surface area contributed by atoms with Crippen LogP contribution in [0.2, 0.25) is 0 Å². The lowest BCUT2D eigenvalue weighted by Gasteiger charge is -1.91. The van der Waals surface area contributed by atoms with E-state index in [1.807, 2.05) is 17.8 Å². The van der Waals surface area contributed by atoms with Crippen molar-refractivity contribution in [2.45, 2.75) is 5.88 Å². The molecule has 0 unspecified atom stereocenters. The second-order valence-corrected chi connectivity index (χ2v) is 2.95. The van der Waals surface area contributed by atoms with Crippen LogP contribution < -0.4 is 0 Å². The minimum atomic E-state index is 0.336. The Kier molecular flexibility index (Phi) is 2.06. The number of aromatic nitrogens is 3. The molecular formula is C8H8ClN3O. The van der Waals surface area contributed by atoms with Gasteiger partial charge < -0.3 is 8.98 Å². The summed E-state index contributed by atoms with van der Waals surface area (Å²) < 4.78 is 7.03. The Labute approximate surface area is 80.2 Å². The molecule has 68 valence electrons. The third kappa shape index (κ3) is 1.45. The molecule has 2 heterocycles. The first-order valence-electron chi connectivity index (χ1n) is 3.78. The zero-order valence-corrected chi connectivity index (χ0v) is 7.82. The molecule has 0 bridgehead atoms. The van der Waals surface area contributed by atoms with E-state index in [0.29, 0.717) is 11.6 Å². The molecule has 5 heteroatoms. The molecular weight excluding hydrogens is 190 g/mol. The van der Waals surface area contributed by atoms with E-state index in [1.54, 1.807) is 6.33 Å². The normalized spacial score (nSPS) is 10.6. The number of rotatable bonds is 2. The lowest BCUT2D eigenvalue weighted by Crippen LogP contribution is -1.82. The fourth-order valence-electron chi connectivity index (χ4n) is 1.10. The Bertz CT molecular complexity index is 407. The lowest BCUT2D eigenvalue weighted by atomic mass is 10.3. The summed E-state index contributed by atoms with van der Waals surface area (Å²) in [6.45, 7) is 0. The highest BCUT2D eigenvalue weighted by Gasteiger charge is 2.11. The Morgan fingerprint density at radius 1 is 1.54 bits per heavy atom. The molecule has 13 heavy (non-hydrogen) atoms. The van der Waals surface area contributed by atoms with Gasteiger partial charge in [-0.05, 0) is 0 Å². The molecule has 0 spiro atoms. The van der Waals surface area contributed by atoms with Crippen molar-refractivity contribution >= 4 is 11.6 Å². The molecule has 0 radical (unpaired) electrons. The number of aryl methyl sites for hydroxylation is 1. The zero-order chi connectivity index (χ0) is 9.26. The third-order valence-corrected chi connectivity index (χ3v) is 1.96. The molecule has 0 saturated heterocycles. The fourth-order valence-corrected chi connectivity index (χ4v) is 1.29. The molecule has 2 rings (SSSR count). The van der Waals surface area contributed by atoms with Gasteiger partial charge in [0.2, 0.25) is 0 Å². The average molecular weight is 198 g/mol. The number of hydrogen-bond donors (Lipinski definition) is 0. The molecule has 0 amide bonds. The van der Waals surface area contributed by atoms with Crippen LogP contribution in [-0.4, -0.2) is 14.5 Å². The average Bonchev–Trinajstić information content (AvgIpc) is 2.71. The second kappa shape index (κ2) is 3.22. The van der Waals surface area contributed by atoms with E-state index >= 15 is 0 Å². The number of hydrogen-bond acceptors (Lipinski definition) is 3. The first-order chi connectivity index (χ1) is 6.31. The molecule has 0 aliphatic carbocycles. The summed E-state index contributed by atoms with van der Waals surface area (Å²) in [5, 5.41) is 0. The first kappa shape index (κ1) is 8.31. The van der Waals surface area contributed by atoms with E-state index in [4.69, 9.17) is 16.0 Å². The monoisotopic (exact) mass is 197 g/mol. The highest BCUT2D eigenvalue weighted by atomic mass is 35.5. The Morgan fingerprint density at radius 2 is 2.38 bits per heavy atom. The van der Waals surface area contributed by atoms with Gasteiger partial charge in [0.05, 0.1) is 12.2 Å².